The number of Topliss-reactive ketones (excluding diaryl/α,β-unsaturated/α-hetero) is 1. The fourth-order valence-electron chi connectivity index (χ4n) is 5.45. The number of carbonyl (C=O) groups excluding carboxylic acids is 2. The molecule has 1 N–H and O–H groups in total. The number of piperidine rings is 3. The summed E-state index contributed by atoms with van der Waals surface area (Å²) in [5, 5.41) is 4.89. The predicted molar refractivity (Wildman–Crippen MR) is 129 cm³/mol. The van der Waals surface area contributed by atoms with Crippen LogP contribution in [0, 0.1) is 17.6 Å². The van der Waals surface area contributed by atoms with Crippen molar-refractivity contribution in [3.63, 3.8) is 0 Å². The standard InChI is InChI=1S/C27H26F2N2O3S/c28-20-6-3-5-19(15-20)26(21-7-1-2-8-22(21)29)34-27(33)30-23-16-31(12-10-18(23)11-13-31)17-24(32)25-9-4-14-35-25/h1-9,14-15,18,23,26H,10-13,16-17H2/p+1/t18?,23-,26?,31?/m0/s1. The van der Waals surface area contributed by atoms with Crippen LogP contribution in [0.2, 0.25) is 0 Å². The zero-order chi connectivity index (χ0) is 24.4. The molecule has 182 valence electrons. The van der Waals surface area contributed by atoms with Gasteiger partial charge in [-0.25, -0.2) is 13.6 Å². The number of amides is 1. The van der Waals surface area contributed by atoms with Gasteiger partial charge in [0.15, 0.2) is 6.10 Å². The Labute approximate surface area is 206 Å². The van der Waals surface area contributed by atoms with Crippen LogP contribution in [0.1, 0.15) is 39.7 Å². The van der Waals surface area contributed by atoms with Crippen LogP contribution in [-0.2, 0) is 4.74 Å². The van der Waals surface area contributed by atoms with E-state index in [0.717, 1.165) is 30.8 Å². The maximum atomic E-state index is 14.6. The molecule has 0 saturated carbocycles. The molecular formula is C27H27F2N2O3S+. The number of benzene rings is 2. The minimum atomic E-state index is -1.09. The maximum absolute atomic E-state index is 14.6. The van der Waals surface area contributed by atoms with Crippen molar-refractivity contribution in [1.82, 2.24) is 5.32 Å². The summed E-state index contributed by atoms with van der Waals surface area (Å²) in [7, 11) is 0. The van der Waals surface area contributed by atoms with Gasteiger partial charge in [0.25, 0.3) is 0 Å². The van der Waals surface area contributed by atoms with E-state index in [1.54, 1.807) is 18.2 Å². The van der Waals surface area contributed by atoms with Crippen LogP contribution in [0.3, 0.4) is 0 Å². The smallest absolute Gasteiger partial charge is 0.408 e. The normalized spacial score (nSPS) is 24.1. The number of alkyl carbamates (subject to hydrolysis) is 1. The Morgan fingerprint density at radius 1 is 1.06 bits per heavy atom. The van der Waals surface area contributed by atoms with Gasteiger partial charge in [0.05, 0.1) is 30.6 Å². The van der Waals surface area contributed by atoms with E-state index >= 15 is 0 Å². The number of nitrogens with zero attached hydrogens (tertiary/aromatic N) is 1. The van der Waals surface area contributed by atoms with Gasteiger partial charge in [-0.15, -0.1) is 11.3 Å². The number of nitrogens with one attached hydrogen (secondary N) is 1. The molecule has 1 amide bonds. The molecule has 0 radical (unpaired) electrons. The van der Waals surface area contributed by atoms with Gasteiger partial charge in [-0.2, -0.15) is 0 Å². The summed E-state index contributed by atoms with van der Waals surface area (Å²) in [5.41, 5.74) is 0.511. The number of carbonyl (C=O) groups is 2. The minimum absolute atomic E-state index is 0.132. The third-order valence-corrected chi connectivity index (χ3v) is 8.15. The lowest BCUT2D eigenvalue weighted by Gasteiger charge is -2.52. The van der Waals surface area contributed by atoms with E-state index in [9.17, 15) is 18.4 Å². The van der Waals surface area contributed by atoms with E-state index < -0.39 is 23.8 Å². The predicted octanol–water partition coefficient (Wildman–Crippen LogP) is 5.33. The number of ether oxygens (including phenoxy) is 1. The van der Waals surface area contributed by atoms with Gasteiger partial charge >= 0.3 is 6.09 Å². The van der Waals surface area contributed by atoms with Crippen molar-refractivity contribution in [2.45, 2.75) is 25.0 Å². The molecule has 1 aromatic heterocycles. The van der Waals surface area contributed by atoms with Crippen LogP contribution in [0.4, 0.5) is 13.6 Å². The fraction of sp³-hybridized carbons (Fsp3) is 0.333. The van der Waals surface area contributed by atoms with Crippen LogP contribution in [-0.4, -0.2) is 48.6 Å². The molecule has 0 aliphatic carbocycles. The number of halogens is 2. The number of quaternary nitrogens is 1. The molecule has 6 rings (SSSR count). The topological polar surface area (TPSA) is 55.4 Å². The Kier molecular flexibility index (Phi) is 6.67. The Morgan fingerprint density at radius 2 is 1.86 bits per heavy atom. The summed E-state index contributed by atoms with van der Waals surface area (Å²) in [4.78, 5) is 26.6. The summed E-state index contributed by atoms with van der Waals surface area (Å²) < 4.78 is 34.9. The van der Waals surface area contributed by atoms with Crippen LogP contribution in [0.15, 0.2) is 66.0 Å². The quantitative estimate of drug-likeness (QED) is 0.355. The Bertz CT molecular complexity index is 1210. The first-order valence-electron chi connectivity index (χ1n) is 11.8. The van der Waals surface area contributed by atoms with Gasteiger partial charge in [0, 0.05) is 24.0 Å². The van der Waals surface area contributed by atoms with Crippen molar-refractivity contribution >= 4 is 23.2 Å². The maximum Gasteiger partial charge on any atom is 0.408 e. The van der Waals surface area contributed by atoms with E-state index in [-0.39, 0.29) is 17.4 Å². The molecule has 2 bridgehead atoms. The number of thiophene rings is 1. The molecule has 2 atom stereocenters. The number of ketones is 1. The molecule has 3 aliphatic rings. The van der Waals surface area contributed by atoms with Crippen LogP contribution in [0.25, 0.3) is 0 Å². The average molecular weight is 498 g/mol. The van der Waals surface area contributed by atoms with Crippen LogP contribution in [0.5, 0.6) is 0 Å². The molecule has 3 aliphatic heterocycles. The molecule has 1 unspecified atom stereocenters. The van der Waals surface area contributed by atoms with E-state index in [1.807, 2.05) is 17.5 Å². The molecule has 35 heavy (non-hydrogen) atoms. The van der Waals surface area contributed by atoms with Crippen LogP contribution >= 0.6 is 11.3 Å². The highest BCUT2D eigenvalue weighted by Crippen LogP contribution is 2.35. The average Bonchev–Trinajstić information content (AvgIpc) is 3.39. The SMILES string of the molecule is O=C(N[C@H]1C[N+]2(CC(=O)c3cccs3)CCC1CC2)OC(c1cccc(F)c1)c1ccccc1F. The fourth-order valence-corrected chi connectivity index (χ4v) is 6.11. The summed E-state index contributed by atoms with van der Waals surface area (Å²) in [6.07, 6.45) is 0.0765. The zero-order valence-electron chi connectivity index (χ0n) is 19.2. The summed E-state index contributed by atoms with van der Waals surface area (Å²) >= 11 is 1.45. The molecule has 2 aromatic carbocycles. The van der Waals surface area contributed by atoms with Crippen LogP contribution < -0.4 is 5.32 Å². The number of hydrogen-bond donors (Lipinski definition) is 1. The largest absolute Gasteiger partial charge is 0.436 e. The van der Waals surface area contributed by atoms with E-state index in [2.05, 4.69) is 5.32 Å². The molecule has 5 nitrogen and oxygen atoms in total. The molecule has 3 fully saturated rings. The molecule has 4 heterocycles. The zero-order valence-corrected chi connectivity index (χ0v) is 20.0. The van der Waals surface area contributed by atoms with Crippen molar-refractivity contribution in [3.05, 3.63) is 93.7 Å². The Morgan fingerprint density at radius 3 is 2.57 bits per heavy atom. The molecule has 8 heteroatoms. The second-order valence-corrected chi connectivity index (χ2v) is 10.4. The lowest BCUT2D eigenvalue weighted by molar-refractivity contribution is -0.936. The van der Waals surface area contributed by atoms with Crippen molar-refractivity contribution in [2.75, 3.05) is 26.2 Å². The highest BCUT2D eigenvalue weighted by Gasteiger charge is 2.47. The van der Waals surface area contributed by atoms with E-state index in [4.69, 9.17) is 4.74 Å². The first kappa shape index (κ1) is 23.6. The van der Waals surface area contributed by atoms with E-state index in [1.165, 1.54) is 41.7 Å². The molecular weight excluding hydrogens is 470 g/mol. The van der Waals surface area contributed by atoms with Gasteiger partial charge in [-0.05, 0) is 35.6 Å². The van der Waals surface area contributed by atoms with E-state index in [0.29, 0.717) is 29.1 Å². The first-order chi connectivity index (χ1) is 16.9. The summed E-state index contributed by atoms with van der Waals surface area (Å²) in [6.45, 7) is 2.90. The van der Waals surface area contributed by atoms with Gasteiger partial charge < -0.3 is 14.5 Å². The Hall–Kier alpha value is -3.10. The van der Waals surface area contributed by atoms with Crippen molar-refractivity contribution in [3.8, 4) is 0 Å². The highest BCUT2D eigenvalue weighted by molar-refractivity contribution is 7.12. The lowest BCUT2D eigenvalue weighted by atomic mass is 9.81. The number of rotatable bonds is 7. The third-order valence-electron chi connectivity index (χ3n) is 7.24. The second kappa shape index (κ2) is 9.87. The molecule has 3 saturated heterocycles. The molecule has 0 spiro atoms. The monoisotopic (exact) mass is 497 g/mol. The third kappa shape index (κ3) is 5.13. The van der Waals surface area contributed by atoms with Crippen molar-refractivity contribution < 1.29 is 27.6 Å². The summed E-state index contributed by atoms with van der Waals surface area (Å²) in [5.74, 6) is -0.589. The molecule has 3 aromatic rings. The summed E-state index contributed by atoms with van der Waals surface area (Å²) in [6, 6.07) is 15.3. The number of fused-ring (bicyclic) bond motifs is 3. The first-order valence-corrected chi connectivity index (χ1v) is 12.7. The van der Waals surface area contributed by atoms with Gasteiger partial charge in [0.2, 0.25) is 5.78 Å². The van der Waals surface area contributed by atoms with Crippen molar-refractivity contribution in [2.24, 2.45) is 5.92 Å². The van der Waals surface area contributed by atoms with Gasteiger partial charge in [0.1, 0.15) is 18.2 Å². The Balaban J connectivity index is 1.31. The lowest BCUT2D eigenvalue weighted by Crippen LogP contribution is -2.68. The minimum Gasteiger partial charge on any atom is -0.436 e. The highest BCUT2D eigenvalue weighted by atomic mass is 32.1. The second-order valence-electron chi connectivity index (χ2n) is 9.48. The van der Waals surface area contributed by atoms with Gasteiger partial charge in [-0.1, -0.05) is 36.4 Å². The number of hydrogen-bond acceptors (Lipinski definition) is 4. The van der Waals surface area contributed by atoms with Gasteiger partial charge in [-0.3, -0.25) is 4.79 Å². The van der Waals surface area contributed by atoms with Crippen molar-refractivity contribution in [1.29, 1.82) is 0 Å².